The molecule has 2 atom stereocenters. The average molecular weight is 532 g/mol. The fourth-order valence-corrected chi connectivity index (χ4v) is 7.71. The second-order valence-electron chi connectivity index (χ2n) is 12.5. The highest BCUT2D eigenvalue weighted by atomic mass is 15.1. The van der Waals surface area contributed by atoms with Crippen molar-refractivity contribution in [3.05, 3.63) is 93.7 Å². The van der Waals surface area contributed by atoms with E-state index in [4.69, 9.17) is 4.98 Å². The van der Waals surface area contributed by atoms with Gasteiger partial charge in [-0.25, -0.2) is 4.98 Å². The predicted molar refractivity (Wildman–Crippen MR) is 170 cm³/mol. The highest BCUT2D eigenvalue weighted by Gasteiger charge is 2.50. The van der Waals surface area contributed by atoms with Crippen molar-refractivity contribution in [1.82, 2.24) is 4.98 Å². The molecule has 2 nitrogen and oxygen atoms in total. The van der Waals surface area contributed by atoms with E-state index in [0.717, 1.165) is 17.8 Å². The van der Waals surface area contributed by atoms with E-state index in [2.05, 4.69) is 122 Å². The Morgan fingerprint density at radius 3 is 2.08 bits per heavy atom. The molecular weight excluding hydrogens is 484 g/mol. The molecule has 40 heavy (non-hydrogen) atoms. The Bertz CT molecular complexity index is 1540. The molecule has 0 fully saturated rings. The van der Waals surface area contributed by atoms with Gasteiger partial charge in [0.1, 0.15) is 11.4 Å². The lowest BCUT2D eigenvalue weighted by molar-refractivity contribution is -0.721. The molecule has 0 N–H and O–H groups in total. The van der Waals surface area contributed by atoms with Crippen LogP contribution in [0.2, 0.25) is 0 Å². The van der Waals surface area contributed by atoms with Gasteiger partial charge in [-0.1, -0.05) is 80.1 Å². The van der Waals surface area contributed by atoms with E-state index in [9.17, 15) is 0 Å². The van der Waals surface area contributed by atoms with Gasteiger partial charge >= 0.3 is 0 Å². The third kappa shape index (κ3) is 4.70. The van der Waals surface area contributed by atoms with E-state index in [1.165, 1.54) is 81.4 Å². The lowest BCUT2D eigenvalue weighted by atomic mass is 9.63. The third-order valence-corrected chi connectivity index (χ3v) is 9.52. The molecule has 1 aliphatic heterocycles. The summed E-state index contributed by atoms with van der Waals surface area (Å²) in [7, 11) is 0. The van der Waals surface area contributed by atoms with Crippen LogP contribution >= 0.6 is 0 Å². The zero-order chi connectivity index (χ0) is 28.8. The number of hydrogen-bond acceptors (Lipinski definition) is 1. The van der Waals surface area contributed by atoms with Crippen molar-refractivity contribution in [2.75, 3.05) is 0 Å². The maximum atomic E-state index is 5.55. The molecule has 0 aliphatic carbocycles. The zero-order valence-corrected chi connectivity index (χ0v) is 26.2. The van der Waals surface area contributed by atoms with Gasteiger partial charge in [0.15, 0.2) is 12.2 Å². The van der Waals surface area contributed by atoms with Crippen LogP contribution in [0.4, 0.5) is 0 Å². The van der Waals surface area contributed by atoms with E-state index in [-0.39, 0.29) is 5.41 Å². The summed E-state index contributed by atoms with van der Waals surface area (Å²) in [6.07, 6.45) is 8.50. The summed E-state index contributed by atoms with van der Waals surface area (Å²) in [5.74, 6) is 0. The number of aromatic nitrogens is 2. The molecule has 0 saturated heterocycles. The molecule has 0 radical (unpaired) electrons. The smallest absolute Gasteiger partial charge is 0.234 e. The number of aryl methyl sites for hydroxylation is 6. The summed E-state index contributed by atoms with van der Waals surface area (Å²) in [5.41, 5.74) is 16.8. The van der Waals surface area contributed by atoms with Gasteiger partial charge in [0, 0.05) is 11.1 Å². The molecule has 2 heteroatoms. The third-order valence-electron chi connectivity index (χ3n) is 9.52. The number of rotatable bonds is 7. The Hall–Kier alpha value is -3.26. The first-order valence-corrected chi connectivity index (χ1v) is 15.3. The molecule has 1 aromatic heterocycles. The van der Waals surface area contributed by atoms with Crippen molar-refractivity contribution in [3.8, 4) is 33.8 Å². The summed E-state index contributed by atoms with van der Waals surface area (Å²) >= 11 is 0. The second-order valence-corrected chi connectivity index (χ2v) is 12.5. The molecule has 2 heterocycles. The average Bonchev–Trinajstić information content (AvgIpc) is 2.89. The minimum Gasteiger partial charge on any atom is -0.234 e. The molecule has 0 spiro atoms. The molecule has 0 saturated carbocycles. The first-order valence-electron chi connectivity index (χ1n) is 15.3. The molecule has 0 bridgehead atoms. The van der Waals surface area contributed by atoms with Crippen LogP contribution in [0.15, 0.2) is 54.7 Å². The Labute approximate surface area is 242 Å². The molecule has 0 amide bonds. The minimum absolute atomic E-state index is 0.0825. The monoisotopic (exact) mass is 531 g/mol. The van der Waals surface area contributed by atoms with Crippen molar-refractivity contribution in [2.45, 2.75) is 106 Å². The first kappa shape index (κ1) is 28.3. The van der Waals surface area contributed by atoms with Crippen molar-refractivity contribution >= 4 is 0 Å². The standard InChI is InChI=1S/C38H47N2/c1-10-12-13-17-38(11-2)30(9)40-23-33(34-27(6)15-14-16-28(34)7)39-36(31-20-24(3)18-25(4)21-31)37(40)32-22-26(5)19-29(8)35(32)38/h14-16,18-23,30H,10-13,17H2,1-9H3/q+1/t30-,38?/m0/s1. The van der Waals surface area contributed by atoms with Crippen LogP contribution in [0.1, 0.15) is 97.9 Å². The summed E-state index contributed by atoms with van der Waals surface area (Å²) in [6.45, 7) is 20.6. The minimum atomic E-state index is 0.0825. The van der Waals surface area contributed by atoms with Gasteiger partial charge in [-0.05, 0) is 102 Å². The summed E-state index contributed by atoms with van der Waals surface area (Å²) < 4.78 is 2.62. The van der Waals surface area contributed by atoms with Crippen LogP contribution in [-0.4, -0.2) is 4.98 Å². The lowest BCUT2D eigenvalue weighted by Gasteiger charge is -2.42. The molecule has 4 aromatic rings. The second kappa shape index (κ2) is 11.0. The van der Waals surface area contributed by atoms with Gasteiger partial charge in [0.25, 0.3) is 0 Å². The first-order chi connectivity index (χ1) is 19.1. The summed E-state index contributed by atoms with van der Waals surface area (Å²) in [5, 5.41) is 0. The fourth-order valence-electron chi connectivity index (χ4n) is 7.71. The molecule has 1 unspecified atom stereocenters. The van der Waals surface area contributed by atoms with Crippen LogP contribution < -0.4 is 4.57 Å². The SMILES string of the molecule is CCCCCC1(CC)c2c(C)cc(C)cc2-c2c(-c3cc(C)cc(C)c3)nc(-c3c(C)cccc3C)c[n+]2[C@H]1C. The van der Waals surface area contributed by atoms with Crippen molar-refractivity contribution in [3.63, 3.8) is 0 Å². The highest BCUT2D eigenvalue weighted by Crippen LogP contribution is 2.51. The van der Waals surface area contributed by atoms with Crippen LogP contribution in [0.25, 0.3) is 33.8 Å². The largest absolute Gasteiger partial charge is 0.239 e. The van der Waals surface area contributed by atoms with Gasteiger partial charge in [0.05, 0.1) is 11.0 Å². The lowest BCUT2D eigenvalue weighted by Crippen LogP contribution is -2.55. The fraction of sp³-hybridized carbons (Fsp3) is 0.421. The van der Waals surface area contributed by atoms with Crippen molar-refractivity contribution < 1.29 is 4.57 Å². The Morgan fingerprint density at radius 1 is 0.800 bits per heavy atom. The predicted octanol–water partition coefficient (Wildman–Crippen LogP) is 10.0. The maximum absolute atomic E-state index is 5.55. The number of benzene rings is 3. The topological polar surface area (TPSA) is 16.8 Å². The Balaban J connectivity index is 1.92. The van der Waals surface area contributed by atoms with Crippen molar-refractivity contribution in [1.29, 1.82) is 0 Å². The number of hydrogen-bond donors (Lipinski definition) is 0. The van der Waals surface area contributed by atoms with E-state index in [1.807, 2.05) is 0 Å². The van der Waals surface area contributed by atoms with E-state index < -0.39 is 0 Å². The van der Waals surface area contributed by atoms with Crippen molar-refractivity contribution in [2.24, 2.45) is 0 Å². The summed E-state index contributed by atoms with van der Waals surface area (Å²) in [6, 6.07) is 18.7. The quantitative estimate of drug-likeness (QED) is 0.171. The van der Waals surface area contributed by atoms with Gasteiger partial charge in [-0.3, -0.25) is 0 Å². The number of nitrogens with zero attached hydrogens (tertiary/aromatic N) is 2. The maximum Gasteiger partial charge on any atom is 0.239 e. The molecule has 3 aromatic carbocycles. The van der Waals surface area contributed by atoms with Crippen LogP contribution in [0.5, 0.6) is 0 Å². The van der Waals surface area contributed by atoms with Crippen LogP contribution in [-0.2, 0) is 5.41 Å². The normalized spacial score (nSPS) is 18.0. The molecular formula is C38H47N2+. The van der Waals surface area contributed by atoms with E-state index in [0.29, 0.717) is 6.04 Å². The molecule has 5 rings (SSSR count). The highest BCUT2D eigenvalue weighted by molar-refractivity contribution is 5.82. The number of fused-ring (bicyclic) bond motifs is 3. The van der Waals surface area contributed by atoms with Crippen LogP contribution in [0.3, 0.4) is 0 Å². The summed E-state index contributed by atoms with van der Waals surface area (Å²) in [4.78, 5) is 5.55. The zero-order valence-electron chi connectivity index (χ0n) is 26.2. The van der Waals surface area contributed by atoms with Gasteiger partial charge in [-0.15, -0.1) is 0 Å². The molecule has 208 valence electrons. The van der Waals surface area contributed by atoms with E-state index in [1.54, 1.807) is 5.56 Å². The molecule has 1 aliphatic rings. The van der Waals surface area contributed by atoms with Gasteiger partial charge < -0.3 is 0 Å². The van der Waals surface area contributed by atoms with E-state index >= 15 is 0 Å². The number of unbranched alkanes of at least 4 members (excludes halogenated alkanes) is 2. The van der Waals surface area contributed by atoms with Crippen LogP contribution in [0, 0.1) is 41.5 Å². The Morgan fingerprint density at radius 2 is 1.45 bits per heavy atom. The Kier molecular flexibility index (Phi) is 7.75. The van der Waals surface area contributed by atoms with Gasteiger partial charge in [-0.2, -0.15) is 4.57 Å². The van der Waals surface area contributed by atoms with Gasteiger partial charge in [0.2, 0.25) is 5.69 Å².